The number of fused-ring (bicyclic) bond motifs is 1. The minimum absolute atomic E-state index is 0.264. The Morgan fingerprint density at radius 2 is 2.05 bits per heavy atom. The van der Waals surface area contributed by atoms with Crippen molar-refractivity contribution in [3.05, 3.63) is 59.0 Å². The molecule has 1 aromatic carbocycles. The van der Waals surface area contributed by atoms with E-state index in [1.165, 1.54) is 11.2 Å². The summed E-state index contributed by atoms with van der Waals surface area (Å²) in [6.07, 6.45) is 2.17. The Hall–Kier alpha value is -2.56. The van der Waals surface area contributed by atoms with E-state index in [4.69, 9.17) is 10.2 Å². The Kier molecular flexibility index (Phi) is 3.25. The van der Waals surface area contributed by atoms with Gasteiger partial charge < -0.3 is 15.1 Å². The fraction of sp³-hybridized carbons (Fsp3) is 0.250. The summed E-state index contributed by atoms with van der Waals surface area (Å²) in [5.41, 5.74) is 8.15. The summed E-state index contributed by atoms with van der Waals surface area (Å²) in [6.45, 7) is 2.25. The van der Waals surface area contributed by atoms with E-state index >= 15 is 0 Å². The van der Waals surface area contributed by atoms with Crippen LogP contribution in [0, 0.1) is 6.92 Å². The van der Waals surface area contributed by atoms with Gasteiger partial charge in [0.15, 0.2) is 5.76 Å². The van der Waals surface area contributed by atoms with Crippen molar-refractivity contribution in [2.75, 3.05) is 6.54 Å². The average molecular weight is 284 g/mol. The second kappa shape index (κ2) is 5.09. The zero-order valence-corrected chi connectivity index (χ0v) is 11.7. The molecule has 5 nitrogen and oxygen atoms in total. The van der Waals surface area contributed by atoms with Crippen LogP contribution in [0.2, 0.25) is 0 Å². The number of rotatable bonds is 2. The van der Waals surface area contributed by atoms with Crippen molar-refractivity contribution in [2.45, 2.75) is 19.4 Å². The molecule has 2 aromatic rings. The third-order valence-electron chi connectivity index (χ3n) is 3.87. The van der Waals surface area contributed by atoms with Crippen LogP contribution in [0.1, 0.15) is 33.3 Å². The van der Waals surface area contributed by atoms with E-state index in [-0.39, 0.29) is 11.7 Å². The number of aryl methyl sites for hydroxylation is 1. The van der Waals surface area contributed by atoms with Crippen LogP contribution in [0.25, 0.3) is 0 Å². The molecule has 3 rings (SSSR count). The maximum absolute atomic E-state index is 12.6. The predicted molar refractivity (Wildman–Crippen MR) is 76.6 cm³/mol. The first-order chi connectivity index (χ1) is 10.1. The standard InChI is InChI=1S/C16H16N2O3/c1-10-7-9-21-14(10)16(20)18-8-6-11-4-2-3-5-12(11)13(18)15(17)19/h2-5,7,9,13H,6,8H2,1H3,(H2,17,19)/t13-/m0/s1. The van der Waals surface area contributed by atoms with Crippen LogP contribution < -0.4 is 5.73 Å². The molecule has 2 amide bonds. The van der Waals surface area contributed by atoms with Gasteiger partial charge in [0.25, 0.3) is 5.91 Å². The lowest BCUT2D eigenvalue weighted by Crippen LogP contribution is -2.45. The van der Waals surface area contributed by atoms with E-state index in [2.05, 4.69) is 0 Å². The molecule has 2 N–H and O–H groups in total. The monoisotopic (exact) mass is 284 g/mol. The van der Waals surface area contributed by atoms with Crippen molar-refractivity contribution in [2.24, 2.45) is 5.73 Å². The number of hydrogen-bond donors (Lipinski definition) is 1. The summed E-state index contributed by atoms with van der Waals surface area (Å²) in [5, 5.41) is 0. The first kappa shape index (κ1) is 13.4. The molecule has 1 aliphatic rings. The molecule has 0 unspecified atom stereocenters. The zero-order chi connectivity index (χ0) is 15.0. The zero-order valence-electron chi connectivity index (χ0n) is 11.7. The highest BCUT2D eigenvalue weighted by molar-refractivity contribution is 5.97. The van der Waals surface area contributed by atoms with Crippen LogP contribution in [0.15, 0.2) is 41.0 Å². The van der Waals surface area contributed by atoms with E-state index in [0.717, 1.165) is 16.7 Å². The Labute approximate surface area is 122 Å². The molecule has 1 aromatic heterocycles. The number of amides is 2. The smallest absolute Gasteiger partial charge is 0.290 e. The molecular weight excluding hydrogens is 268 g/mol. The van der Waals surface area contributed by atoms with Crippen molar-refractivity contribution < 1.29 is 14.0 Å². The second-order valence-corrected chi connectivity index (χ2v) is 5.19. The lowest BCUT2D eigenvalue weighted by Gasteiger charge is -2.35. The van der Waals surface area contributed by atoms with Gasteiger partial charge in [-0.25, -0.2) is 0 Å². The van der Waals surface area contributed by atoms with Crippen LogP contribution >= 0.6 is 0 Å². The van der Waals surface area contributed by atoms with Crippen molar-refractivity contribution >= 4 is 11.8 Å². The van der Waals surface area contributed by atoms with Gasteiger partial charge in [0.05, 0.1) is 6.26 Å². The molecule has 0 spiro atoms. The fourth-order valence-corrected chi connectivity index (χ4v) is 2.81. The number of primary amides is 1. The Morgan fingerprint density at radius 1 is 1.29 bits per heavy atom. The van der Waals surface area contributed by atoms with Crippen LogP contribution in [-0.4, -0.2) is 23.3 Å². The molecule has 0 aliphatic carbocycles. The van der Waals surface area contributed by atoms with Crippen molar-refractivity contribution in [1.82, 2.24) is 4.90 Å². The molecule has 5 heteroatoms. The maximum Gasteiger partial charge on any atom is 0.290 e. The summed E-state index contributed by atoms with van der Waals surface area (Å²) < 4.78 is 5.25. The third kappa shape index (κ3) is 2.20. The average Bonchev–Trinajstić information content (AvgIpc) is 2.91. The summed E-state index contributed by atoms with van der Waals surface area (Å²) in [7, 11) is 0. The van der Waals surface area contributed by atoms with E-state index in [1.54, 1.807) is 13.0 Å². The summed E-state index contributed by atoms with van der Waals surface area (Å²) in [6, 6.07) is 8.56. The van der Waals surface area contributed by atoms with Gasteiger partial charge in [-0.1, -0.05) is 24.3 Å². The van der Waals surface area contributed by atoms with Crippen LogP contribution in [0.5, 0.6) is 0 Å². The van der Waals surface area contributed by atoms with E-state index < -0.39 is 11.9 Å². The number of carbonyl (C=O) groups is 2. The molecule has 1 atom stereocenters. The number of benzene rings is 1. The number of nitrogens with zero attached hydrogens (tertiary/aromatic N) is 1. The van der Waals surface area contributed by atoms with E-state index in [1.807, 2.05) is 24.3 Å². The molecule has 0 saturated heterocycles. The quantitative estimate of drug-likeness (QED) is 0.913. The number of hydrogen-bond acceptors (Lipinski definition) is 3. The molecule has 0 radical (unpaired) electrons. The van der Waals surface area contributed by atoms with Crippen molar-refractivity contribution in [1.29, 1.82) is 0 Å². The minimum Gasteiger partial charge on any atom is -0.459 e. The highest BCUT2D eigenvalue weighted by atomic mass is 16.3. The molecule has 0 bridgehead atoms. The lowest BCUT2D eigenvalue weighted by molar-refractivity contribution is -0.123. The number of furan rings is 1. The van der Waals surface area contributed by atoms with Gasteiger partial charge in [0, 0.05) is 12.1 Å². The highest BCUT2D eigenvalue weighted by Crippen LogP contribution is 2.31. The largest absolute Gasteiger partial charge is 0.459 e. The van der Waals surface area contributed by atoms with Crippen LogP contribution in [-0.2, 0) is 11.2 Å². The van der Waals surface area contributed by atoms with Crippen LogP contribution in [0.4, 0.5) is 0 Å². The topological polar surface area (TPSA) is 76.5 Å². The molecule has 108 valence electrons. The fourth-order valence-electron chi connectivity index (χ4n) is 2.81. The van der Waals surface area contributed by atoms with Gasteiger partial charge in [-0.2, -0.15) is 0 Å². The summed E-state index contributed by atoms with van der Waals surface area (Å²) >= 11 is 0. The van der Waals surface area contributed by atoms with Gasteiger partial charge in [-0.05, 0) is 30.5 Å². The van der Waals surface area contributed by atoms with Gasteiger partial charge >= 0.3 is 0 Å². The SMILES string of the molecule is Cc1ccoc1C(=O)N1CCc2ccccc2[C@H]1C(N)=O. The summed E-state index contributed by atoms with van der Waals surface area (Å²) in [4.78, 5) is 26.0. The molecular formula is C16H16N2O3. The molecule has 0 fully saturated rings. The Balaban J connectivity index is 2.02. The normalized spacial score (nSPS) is 17.4. The Morgan fingerprint density at radius 3 is 2.71 bits per heavy atom. The lowest BCUT2D eigenvalue weighted by atomic mass is 9.92. The highest BCUT2D eigenvalue weighted by Gasteiger charge is 2.36. The van der Waals surface area contributed by atoms with Crippen LogP contribution in [0.3, 0.4) is 0 Å². The molecule has 2 heterocycles. The van der Waals surface area contributed by atoms with Gasteiger partial charge in [-0.3, -0.25) is 9.59 Å². The predicted octanol–water partition coefficient (Wildman–Crippen LogP) is 1.81. The Bertz CT molecular complexity index is 705. The maximum atomic E-state index is 12.6. The first-order valence-electron chi connectivity index (χ1n) is 6.82. The van der Waals surface area contributed by atoms with E-state index in [0.29, 0.717) is 13.0 Å². The number of nitrogens with two attached hydrogens (primary N) is 1. The second-order valence-electron chi connectivity index (χ2n) is 5.19. The summed E-state index contributed by atoms with van der Waals surface area (Å²) in [5.74, 6) is -0.559. The van der Waals surface area contributed by atoms with Gasteiger partial charge in [0.1, 0.15) is 6.04 Å². The van der Waals surface area contributed by atoms with Crippen molar-refractivity contribution in [3.8, 4) is 0 Å². The van der Waals surface area contributed by atoms with Crippen molar-refractivity contribution in [3.63, 3.8) is 0 Å². The van der Waals surface area contributed by atoms with Gasteiger partial charge in [0.2, 0.25) is 5.91 Å². The molecule has 0 saturated carbocycles. The van der Waals surface area contributed by atoms with E-state index in [9.17, 15) is 9.59 Å². The molecule has 21 heavy (non-hydrogen) atoms. The first-order valence-corrected chi connectivity index (χ1v) is 6.82. The third-order valence-corrected chi connectivity index (χ3v) is 3.87. The van der Waals surface area contributed by atoms with Gasteiger partial charge in [-0.15, -0.1) is 0 Å². The molecule has 1 aliphatic heterocycles. The number of carbonyl (C=O) groups excluding carboxylic acids is 2. The minimum atomic E-state index is -0.744.